The number of hydrogen-bond acceptors (Lipinski definition) is 6. The molecule has 1 heterocycles. The first-order valence-electron chi connectivity index (χ1n) is 7.26. The topological polar surface area (TPSA) is 89.3 Å². The van der Waals surface area contributed by atoms with Crippen molar-refractivity contribution < 1.29 is 26.4 Å². The Labute approximate surface area is 151 Å². The number of rotatable bonds is 6. The Morgan fingerprint density at radius 3 is 2.50 bits per heavy atom. The van der Waals surface area contributed by atoms with Gasteiger partial charge in [-0.05, 0) is 36.4 Å². The number of aromatic nitrogens is 1. The Balaban J connectivity index is 1.59. The molecule has 0 spiro atoms. The van der Waals surface area contributed by atoms with Crippen LogP contribution in [0.15, 0.2) is 63.1 Å². The zero-order chi connectivity index (χ0) is 18.7. The summed E-state index contributed by atoms with van der Waals surface area (Å²) in [4.78, 5) is 15.7. The van der Waals surface area contributed by atoms with E-state index in [4.69, 9.17) is 4.42 Å². The molecule has 0 radical (unpaired) electrons. The first-order chi connectivity index (χ1) is 12.4. The number of nitrogens with one attached hydrogen (secondary N) is 1. The lowest BCUT2D eigenvalue weighted by molar-refractivity contribution is -0.113. The lowest BCUT2D eigenvalue weighted by atomic mass is 10.3. The number of alkyl halides is 2. The Hall–Kier alpha value is -2.46. The number of halogens is 2. The average Bonchev–Trinajstić information content (AvgIpc) is 3.03. The molecule has 0 saturated heterocycles. The van der Waals surface area contributed by atoms with Gasteiger partial charge in [-0.2, -0.15) is 8.78 Å². The molecule has 0 saturated carbocycles. The number of fused-ring (bicyclic) bond motifs is 1. The second-order valence-electron chi connectivity index (χ2n) is 5.11. The van der Waals surface area contributed by atoms with Gasteiger partial charge in [0.25, 0.3) is 5.22 Å². The molecule has 0 aliphatic rings. The molecule has 136 valence electrons. The molecule has 6 nitrogen and oxygen atoms in total. The average molecular weight is 398 g/mol. The van der Waals surface area contributed by atoms with Crippen molar-refractivity contribution in [2.75, 3.05) is 11.1 Å². The van der Waals surface area contributed by atoms with Crippen LogP contribution < -0.4 is 5.32 Å². The highest BCUT2D eigenvalue weighted by Crippen LogP contribution is 2.24. The van der Waals surface area contributed by atoms with Gasteiger partial charge in [0.05, 0.1) is 10.6 Å². The van der Waals surface area contributed by atoms with Gasteiger partial charge in [0.2, 0.25) is 15.7 Å². The Kier molecular flexibility index (Phi) is 5.23. The first kappa shape index (κ1) is 18.3. The molecule has 26 heavy (non-hydrogen) atoms. The summed E-state index contributed by atoms with van der Waals surface area (Å²) in [6.07, 6.45) is 0. The number of carbonyl (C=O) groups is 1. The van der Waals surface area contributed by atoms with Gasteiger partial charge in [-0.1, -0.05) is 23.9 Å². The van der Waals surface area contributed by atoms with Crippen LogP contribution in [0.1, 0.15) is 0 Å². The van der Waals surface area contributed by atoms with Gasteiger partial charge >= 0.3 is 5.76 Å². The summed E-state index contributed by atoms with van der Waals surface area (Å²) in [6.45, 7) is 0. The number of amides is 1. The van der Waals surface area contributed by atoms with Crippen molar-refractivity contribution in [3.8, 4) is 0 Å². The normalized spacial score (nSPS) is 11.8. The van der Waals surface area contributed by atoms with Crippen LogP contribution in [0.2, 0.25) is 0 Å². The SMILES string of the molecule is O=C(CSc1nc2ccccc2o1)Nc1ccc(S(=O)(=O)C(F)F)cc1. The Morgan fingerprint density at radius 2 is 1.85 bits per heavy atom. The molecule has 0 bridgehead atoms. The van der Waals surface area contributed by atoms with E-state index in [1.54, 1.807) is 12.1 Å². The molecular formula is C16H12F2N2O4S2. The molecule has 1 amide bonds. The molecule has 0 atom stereocenters. The van der Waals surface area contributed by atoms with Crippen molar-refractivity contribution in [2.45, 2.75) is 15.9 Å². The van der Waals surface area contributed by atoms with Crippen LogP contribution in [0.5, 0.6) is 0 Å². The van der Waals surface area contributed by atoms with Gasteiger partial charge in [0.1, 0.15) is 5.52 Å². The maximum absolute atomic E-state index is 12.5. The van der Waals surface area contributed by atoms with Crippen molar-refractivity contribution in [1.82, 2.24) is 4.98 Å². The maximum Gasteiger partial charge on any atom is 0.341 e. The number of benzene rings is 2. The highest BCUT2D eigenvalue weighted by Gasteiger charge is 2.26. The van der Waals surface area contributed by atoms with E-state index in [9.17, 15) is 22.0 Å². The second kappa shape index (κ2) is 7.42. The first-order valence-corrected chi connectivity index (χ1v) is 9.80. The molecule has 0 aliphatic carbocycles. The predicted octanol–water partition coefficient (Wildman–Crippen LogP) is 3.55. The van der Waals surface area contributed by atoms with Gasteiger partial charge in [-0.25, -0.2) is 13.4 Å². The fourth-order valence-corrected chi connectivity index (χ4v) is 3.43. The highest BCUT2D eigenvalue weighted by molar-refractivity contribution is 7.99. The van der Waals surface area contributed by atoms with E-state index in [-0.39, 0.29) is 11.7 Å². The van der Waals surface area contributed by atoms with Gasteiger partial charge in [0, 0.05) is 5.69 Å². The van der Waals surface area contributed by atoms with Crippen molar-refractivity contribution in [1.29, 1.82) is 0 Å². The minimum atomic E-state index is -4.65. The largest absolute Gasteiger partial charge is 0.431 e. The summed E-state index contributed by atoms with van der Waals surface area (Å²) < 4.78 is 53.1. The zero-order valence-corrected chi connectivity index (χ0v) is 14.7. The monoisotopic (exact) mass is 398 g/mol. The lowest BCUT2D eigenvalue weighted by Crippen LogP contribution is -2.14. The molecule has 3 rings (SSSR count). The van der Waals surface area contributed by atoms with Crippen molar-refractivity contribution in [3.63, 3.8) is 0 Å². The van der Waals surface area contributed by atoms with E-state index in [0.29, 0.717) is 22.0 Å². The van der Waals surface area contributed by atoms with Crippen LogP contribution in [-0.4, -0.2) is 30.8 Å². The minimum absolute atomic E-state index is 0.0178. The number of sulfone groups is 1. The standard InChI is InChI=1S/C16H12F2N2O4S2/c17-15(18)26(22,23)11-7-5-10(6-8-11)19-14(21)9-25-16-20-12-3-1-2-4-13(12)24-16/h1-8,15H,9H2,(H,19,21). The Bertz CT molecular complexity index is 1000. The number of carbonyl (C=O) groups excluding carboxylic acids is 1. The number of hydrogen-bond donors (Lipinski definition) is 1. The van der Waals surface area contributed by atoms with Crippen molar-refractivity contribution in [2.24, 2.45) is 0 Å². The van der Waals surface area contributed by atoms with E-state index >= 15 is 0 Å². The van der Waals surface area contributed by atoms with Crippen LogP contribution in [0.4, 0.5) is 14.5 Å². The predicted molar refractivity (Wildman–Crippen MR) is 93.0 cm³/mol. The van der Waals surface area contributed by atoms with Crippen LogP contribution in [0, 0.1) is 0 Å². The smallest absolute Gasteiger partial charge is 0.341 e. The molecule has 0 fully saturated rings. The fraction of sp³-hybridized carbons (Fsp3) is 0.125. The minimum Gasteiger partial charge on any atom is -0.431 e. The highest BCUT2D eigenvalue weighted by atomic mass is 32.2. The summed E-state index contributed by atoms with van der Waals surface area (Å²) in [6, 6.07) is 11.7. The summed E-state index contributed by atoms with van der Waals surface area (Å²) in [5.41, 5.74) is 1.60. The van der Waals surface area contributed by atoms with Gasteiger partial charge < -0.3 is 9.73 Å². The molecule has 10 heteroatoms. The summed E-state index contributed by atoms with van der Waals surface area (Å²) in [7, 11) is -4.65. The van der Waals surface area contributed by atoms with Crippen LogP contribution in [0.3, 0.4) is 0 Å². The Morgan fingerprint density at radius 1 is 1.15 bits per heavy atom. The fourth-order valence-electron chi connectivity index (χ4n) is 2.07. The molecule has 2 aromatic carbocycles. The van der Waals surface area contributed by atoms with Gasteiger partial charge in [-0.3, -0.25) is 4.79 Å². The van der Waals surface area contributed by atoms with Gasteiger partial charge in [0.15, 0.2) is 5.58 Å². The number of oxazole rings is 1. The zero-order valence-electron chi connectivity index (χ0n) is 13.1. The van der Waals surface area contributed by atoms with E-state index in [1.165, 1.54) is 12.1 Å². The van der Waals surface area contributed by atoms with Crippen molar-refractivity contribution >= 4 is 44.3 Å². The molecule has 3 aromatic rings. The van der Waals surface area contributed by atoms with Crippen LogP contribution >= 0.6 is 11.8 Å². The number of para-hydroxylation sites is 2. The lowest BCUT2D eigenvalue weighted by Gasteiger charge is -2.06. The molecule has 1 N–H and O–H groups in total. The molecule has 1 aromatic heterocycles. The molecule has 0 unspecified atom stereocenters. The quantitative estimate of drug-likeness (QED) is 0.639. The van der Waals surface area contributed by atoms with E-state index in [0.717, 1.165) is 23.9 Å². The van der Waals surface area contributed by atoms with Crippen LogP contribution in [0.25, 0.3) is 11.1 Å². The van der Waals surface area contributed by atoms with Crippen molar-refractivity contribution in [3.05, 3.63) is 48.5 Å². The molecule has 0 aliphatic heterocycles. The number of nitrogens with zero attached hydrogens (tertiary/aromatic N) is 1. The third-order valence-corrected chi connectivity index (χ3v) is 5.53. The van der Waals surface area contributed by atoms with E-state index in [1.807, 2.05) is 12.1 Å². The summed E-state index contributed by atoms with van der Waals surface area (Å²) in [5.74, 6) is -3.85. The van der Waals surface area contributed by atoms with E-state index < -0.39 is 20.5 Å². The van der Waals surface area contributed by atoms with Gasteiger partial charge in [-0.15, -0.1) is 0 Å². The summed E-state index contributed by atoms with van der Waals surface area (Å²) >= 11 is 1.10. The maximum atomic E-state index is 12.5. The van der Waals surface area contributed by atoms with E-state index in [2.05, 4.69) is 10.3 Å². The summed E-state index contributed by atoms with van der Waals surface area (Å²) in [5, 5.41) is 2.89. The third kappa shape index (κ3) is 4.02. The molecular weight excluding hydrogens is 386 g/mol. The number of anilines is 1. The van der Waals surface area contributed by atoms with Crippen LogP contribution in [-0.2, 0) is 14.6 Å². The third-order valence-electron chi connectivity index (χ3n) is 3.30. The number of thioether (sulfide) groups is 1. The second-order valence-corrected chi connectivity index (χ2v) is 7.96.